The summed E-state index contributed by atoms with van der Waals surface area (Å²) in [6, 6.07) is 0. The minimum atomic E-state index is 1.97. The smallest absolute Gasteiger partial charge is 0.0234 e. The Kier molecular flexibility index (Phi) is 6.91. The Morgan fingerprint density at radius 2 is 1.62 bits per heavy atom. The minimum absolute atomic E-state index is 1.97. The maximum atomic E-state index is 2.18. The van der Waals surface area contributed by atoms with Crippen molar-refractivity contribution in [1.29, 1.82) is 0 Å². The van der Waals surface area contributed by atoms with Gasteiger partial charge in [-0.15, -0.1) is 0 Å². The third-order valence-corrected chi connectivity index (χ3v) is 1.01. The van der Waals surface area contributed by atoms with Gasteiger partial charge >= 0.3 is 0 Å². The molecule has 0 aromatic heterocycles. The highest BCUT2D eigenvalue weighted by molar-refractivity contribution is 14.1. The van der Waals surface area contributed by atoms with Crippen molar-refractivity contribution < 1.29 is 0 Å². The highest BCUT2D eigenvalue weighted by Crippen LogP contribution is 1.84. The molecule has 0 aromatic rings. The molecule has 0 aliphatic carbocycles. The van der Waals surface area contributed by atoms with E-state index in [1.165, 1.54) is 0 Å². The summed E-state index contributed by atoms with van der Waals surface area (Å²) < 4.78 is 1.97. The van der Waals surface area contributed by atoms with Gasteiger partial charge in [0.1, 0.15) is 0 Å². The van der Waals surface area contributed by atoms with Crippen LogP contribution in [-0.4, -0.2) is 0 Å². The second kappa shape index (κ2) is 6.95. The quantitative estimate of drug-likeness (QED) is 0.495. The molecule has 8 heavy (non-hydrogen) atoms. The maximum Gasteiger partial charge on any atom is -0.0234 e. The van der Waals surface area contributed by atoms with Crippen molar-refractivity contribution in [1.82, 2.24) is 0 Å². The number of rotatable bonds is 2. The summed E-state index contributed by atoms with van der Waals surface area (Å²) in [5.41, 5.74) is 0. The molecule has 0 bridgehead atoms. The van der Waals surface area contributed by atoms with Gasteiger partial charge in [-0.2, -0.15) is 0 Å². The van der Waals surface area contributed by atoms with E-state index in [9.17, 15) is 0 Å². The molecule has 0 aliphatic rings. The summed E-state index contributed by atoms with van der Waals surface area (Å²) in [6.45, 7) is 2.00. The summed E-state index contributed by atoms with van der Waals surface area (Å²) in [4.78, 5) is 0. The molecule has 0 nitrogen and oxygen atoms in total. The van der Waals surface area contributed by atoms with Gasteiger partial charge < -0.3 is 0 Å². The Hall–Kier alpha value is -0.0500. The number of hydrogen-bond donors (Lipinski definition) is 0. The molecule has 0 aliphatic heterocycles. The number of allylic oxidation sites excluding steroid dienone is 5. The van der Waals surface area contributed by atoms with Gasteiger partial charge in [0.05, 0.1) is 0 Å². The van der Waals surface area contributed by atoms with Crippen LogP contribution in [0.25, 0.3) is 0 Å². The molecule has 1 heteroatoms. The Bertz CT molecular complexity index is 95.6. The fourth-order valence-electron chi connectivity index (χ4n) is 0.281. The summed E-state index contributed by atoms with van der Waals surface area (Å²) in [6.07, 6.45) is 9.97. The van der Waals surface area contributed by atoms with Crippen molar-refractivity contribution >= 4 is 22.6 Å². The standard InChI is InChI=1S/C7H9I/c1-2-3-4-5-6-7-8/h2-7H,1H3/b3-2+,5-4-,7-6-. The summed E-state index contributed by atoms with van der Waals surface area (Å²) in [5, 5.41) is 0. The van der Waals surface area contributed by atoms with Crippen molar-refractivity contribution in [2.24, 2.45) is 0 Å². The van der Waals surface area contributed by atoms with E-state index in [1.54, 1.807) is 0 Å². The monoisotopic (exact) mass is 220 g/mol. The van der Waals surface area contributed by atoms with Crippen molar-refractivity contribution in [3.8, 4) is 0 Å². The highest BCUT2D eigenvalue weighted by Gasteiger charge is 1.56. The summed E-state index contributed by atoms with van der Waals surface area (Å²) in [5.74, 6) is 0. The molecule has 0 radical (unpaired) electrons. The molecule has 0 saturated carbocycles. The van der Waals surface area contributed by atoms with Crippen LogP contribution in [0.3, 0.4) is 0 Å². The molecule has 0 aromatic carbocycles. The van der Waals surface area contributed by atoms with Gasteiger partial charge in [0.2, 0.25) is 0 Å². The topological polar surface area (TPSA) is 0 Å². The van der Waals surface area contributed by atoms with E-state index < -0.39 is 0 Å². The predicted molar refractivity (Wildman–Crippen MR) is 47.1 cm³/mol. The summed E-state index contributed by atoms with van der Waals surface area (Å²) >= 11 is 2.18. The SMILES string of the molecule is C/C=C/C=C\C=C/I. The van der Waals surface area contributed by atoms with Gasteiger partial charge in [-0.05, 0) is 11.0 Å². The first-order chi connectivity index (χ1) is 3.91. The van der Waals surface area contributed by atoms with E-state index in [-0.39, 0.29) is 0 Å². The van der Waals surface area contributed by atoms with E-state index in [2.05, 4.69) is 22.6 Å². The Balaban J connectivity index is 3.35. The zero-order valence-electron chi connectivity index (χ0n) is 4.84. The zero-order valence-corrected chi connectivity index (χ0v) is 7.00. The third kappa shape index (κ3) is 5.95. The van der Waals surface area contributed by atoms with Crippen LogP contribution >= 0.6 is 22.6 Å². The van der Waals surface area contributed by atoms with Crippen LogP contribution in [0.1, 0.15) is 6.92 Å². The first-order valence-electron chi connectivity index (χ1n) is 2.46. The first kappa shape index (κ1) is 7.95. The molecule has 0 amide bonds. The van der Waals surface area contributed by atoms with Crippen molar-refractivity contribution in [3.05, 3.63) is 34.5 Å². The van der Waals surface area contributed by atoms with Crippen molar-refractivity contribution in [2.45, 2.75) is 6.92 Å². The van der Waals surface area contributed by atoms with Gasteiger partial charge in [0, 0.05) is 0 Å². The normalized spacial score (nSPS) is 12.8. The van der Waals surface area contributed by atoms with E-state index in [0.717, 1.165) is 0 Å². The van der Waals surface area contributed by atoms with Crippen LogP contribution in [0.5, 0.6) is 0 Å². The van der Waals surface area contributed by atoms with Crippen LogP contribution in [0.15, 0.2) is 34.5 Å². The second-order valence-corrected chi connectivity index (χ2v) is 1.95. The van der Waals surface area contributed by atoms with E-state index in [0.29, 0.717) is 0 Å². The van der Waals surface area contributed by atoms with Crippen molar-refractivity contribution in [3.63, 3.8) is 0 Å². The van der Waals surface area contributed by atoms with Crippen LogP contribution in [0, 0.1) is 0 Å². The van der Waals surface area contributed by atoms with Crippen molar-refractivity contribution in [2.75, 3.05) is 0 Å². The lowest BCUT2D eigenvalue weighted by molar-refractivity contribution is 1.73. The highest BCUT2D eigenvalue weighted by atomic mass is 127. The average molecular weight is 220 g/mol. The van der Waals surface area contributed by atoms with Gasteiger partial charge in [-0.3, -0.25) is 0 Å². The molecular formula is C7H9I. The van der Waals surface area contributed by atoms with Crippen LogP contribution in [0.4, 0.5) is 0 Å². The van der Waals surface area contributed by atoms with Gasteiger partial charge in [0.25, 0.3) is 0 Å². The van der Waals surface area contributed by atoms with E-state index >= 15 is 0 Å². The molecule has 0 unspecified atom stereocenters. The lowest BCUT2D eigenvalue weighted by atomic mass is 10.4. The third-order valence-electron chi connectivity index (χ3n) is 0.599. The minimum Gasteiger partial charge on any atom is -0.0877 e. The average Bonchev–Trinajstić information content (AvgIpc) is 1.81. The Morgan fingerprint density at radius 3 is 2.12 bits per heavy atom. The summed E-state index contributed by atoms with van der Waals surface area (Å²) in [7, 11) is 0. The number of halogens is 1. The van der Waals surface area contributed by atoms with Gasteiger partial charge in [-0.25, -0.2) is 0 Å². The maximum absolute atomic E-state index is 2.18. The molecule has 0 heterocycles. The fraction of sp³-hybridized carbons (Fsp3) is 0.143. The molecular weight excluding hydrogens is 211 g/mol. The lowest BCUT2D eigenvalue weighted by Gasteiger charge is -1.67. The molecule has 0 saturated heterocycles. The Labute approximate surface area is 64.1 Å². The van der Waals surface area contributed by atoms with Gasteiger partial charge in [-0.1, -0.05) is 53.0 Å². The van der Waals surface area contributed by atoms with Gasteiger partial charge in [0.15, 0.2) is 0 Å². The molecule has 44 valence electrons. The lowest BCUT2D eigenvalue weighted by Crippen LogP contribution is -1.44. The van der Waals surface area contributed by atoms with Crippen LogP contribution in [0.2, 0.25) is 0 Å². The van der Waals surface area contributed by atoms with E-state index in [1.807, 2.05) is 41.4 Å². The largest absolute Gasteiger partial charge is 0.0877 e. The first-order valence-corrected chi connectivity index (χ1v) is 3.71. The molecule has 0 spiro atoms. The molecule has 0 N–H and O–H groups in total. The number of hydrogen-bond acceptors (Lipinski definition) is 0. The van der Waals surface area contributed by atoms with Crippen LogP contribution < -0.4 is 0 Å². The predicted octanol–water partition coefficient (Wildman–Crippen LogP) is 3.07. The second-order valence-electron chi connectivity index (χ2n) is 1.23. The molecule has 0 rings (SSSR count). The fourth-order valence-corrected chi connectivity index (χ4v) is 0.521. The van der Waals surface area contributed by atoms with Crippen LogP contribution in [-0.2, 0) is 0 Å². The van der Waals surface area contributed by atoms with E-state index in [4.69, 9.17) is 0 Å². The molecule has 0 fully saturated rings. The Morgan fingerprint density at radius 1 is 1.00 bits per heavy atom. The zero-order chi connectivity index (χ0) is 6.24. The molecule has 0 atom stereocenters.